The monoisotopic (exact) mass is 230 g/mol. The van der Waals surface area contributed by atoms with Crippen LogP contribution in [0, 0.1) is 11.8 Å². The van der Waals surface area contributed by atoms with Gasteiger partial charge in [-0.15, -0.1) is 0 Å². The van der Waals surface area contributed by atoms with Crippen molar-refractivity contribution >= 4 is 11.9 Å². The van der Waals surface area contributed by atoms with E-state index in [1.165, 1.54) is 7.11 Å². The van der Waals surface area contributed by atoms with E-state index < -0.39 is 5.60 Å². The Kier molecular flexibility index (Phi) is 5.48. The lowest BCUT2D eigenvalue weighted by Crippen LogP contribution is -2.29. The summed E-state index contributed by atoms with van der Waals surface area (Å²) in [6.07, 6.45) is 0.446. The molecular weight excluding hydrogens is 208 g/mol. The van der Waals surface area contributed by atoms with Gasteiger partial charge in [0.1, 0.15) is 5.60 Å². The Morgan fingerprint density at radius 2 is 1.50 bits per heavy atom. The maximum atomic E-state index is 11.6. The fraction of sp³-hybridized carbons (Fsp3) is 0.833. The van der Waals surface area contributed by atoms with Crippen LogP contribution in [-0.4, -0.2) is 24.6 Å². The van der Waals surface area contributed by atoms with Gasteiger partial charge in [0.2, 0.25) is 0 Å². The maximum absolute atomic E-state index is 11.6. The van der Waals surface area contributed by atoms with Gasteiger partial charge in [0.15, 0.2) is 0 Å². The molecule has 0 aromatic heterocycles. The Balaban J connectivity index is 4.21. The molecule has 0 rings (SSSR count). The predicted octanol–water partition coefficient (Wildman–Crippen LogP) is 2.16. The smallest absolute Gasteiger partial charge is 0.309 e. The van der Waals surface area contributed by atoms with Crippen molar-refractivity contribution in [2.75, 3.05) is 7.11 Å². The molecule has 0 fully saturated rings. The first kappa shape index (κ1) is 14.9. The fourth-order valence-electron chi connectivity index (χ4n) is 1.33. The van der Waals surface area contributed by atoms with E-state index in [0.29, 0.717) is 6.42 Å². The van der Waals surface area contributed by atoms with Crippen molar-refractivity contribution in [3.63, 3.8) is 0 Å². The lowest BCUT2D eigenvalue weighted by Gasteiger charge is -2.23. The first-order chi connectivity index (χ1) is 7.17. The number of esters is 2. The van der Waals surface area contributed by atoms with E-state index in [1.807, 2.05) is 20.8 Å². The predicted molar refractivity (Wildman–Crippen MR) is 60.8 cm³/mol. The van der Waals surface area contributed by atoms with E-state index in [-0.39, 0.29) is 23.8 Å². The van der Waals surface area contributed by atoms with Gasteiger partial charge in [-0.1, -0.05) is 13.8 Å². The van der Waals surface area contributed by atoms with Crippen LogP contribution < -0.4 is 0 Å². The van der Waals surface area contributed by atoms with Crippen LogP contribution in [0.2, 0.25) is 0 Å². The minimum absolute atomic E-state index is 0.275. The Bertz CT molecular complexity index is 252. The van der Waals surface area contributed by atoms with E-state index >= 15 is 0 Å². The third kappa shape index (κ3) is 5.73. The summed E-state index contributed by atoms with van der Waals surface area (Å²) in [7, 11) is 1.34. The van der Waals surface area contributed by atoms with Gasteiger partial charge in [0.05, 0.1) is 18.9 Å². The van der Waals surface area contributed by atoms with Gasteiger partial charge < -0.3 is 9.47 Å². The molecule has 4 nitrogen and oxygen atoms in total. The van der Waals surface area contributed by atoms with Crippen molar-refractivity contribution in [1.29, 1.82) is 0 Å². The van der Waals surface area contributed by atoms with Gasteiger partial charge in [-0.05, 0) is 27.2 Å². The Morgan fingerprint density at radius 1 is 1.06 bits per heavy atom. The minimum Gasteiger partial charge on any atom is -0.469 e. The largest absolute Gasteiger partial charge is 0.469 e. The number of methoxy groups -OCH3 is 1. The summed E-state index contributed by atoms with van der Waals surface area (Å²) < 4.78 is 9.83. The highest BCUT2D eigenvalue weighted by atomic mass is 16.6. The minimum atomic E-state index is -0.486. The molecule has 0 aliphatic rings. The number of hydrogen-bond acceptors (Lipinski definition) is 4. The molecule has 4 heteroatoms. The quantitative estimate of drug-likeness (QED) is 0.694. The molecule has 16 heavy (non-hydrogen) atoms. The molecule has 0 aromatic carbocycles. The fourth-order valence-corrected chi connectivity index (χ4v) is 1.33. The van der Waals surface area contributed by atoms with E-state index in [9.17, 15) is 9.59 Å². The van der Waals surface area contributed by atoms with Gasteiger partial charge in [0.25, 0.3) is 0 Å². The molecular formula is C12H22O4. The molecule has 0 saturated heterocycles. The zero-order chi connectivity index (χ0) is 12.9. The van der Waals surface area contributed by atoms with E-state index in [2.05, 4.69) is 4.74 Å². The number of rotatable bonds is 4. The molecule has 0 spiro atoms. The van der Waals surface area contributed by atoms with Crippen molar-refractivity contribution < 1.29 is 19.1 Å². The highest BCUT2D eigenvalue weighted by molar-refractivity contribution is 5.75. The molecule has 2 atom stereocenters. The summed E-state index contributed by atoms with van der Waals surface area (Å²) in [5.74, 6) is -1.15. The molecule has 0 heterocycles. The summed E-state index contributed by atoms with van der Waals surface area (Å²) in [4.78, 5) is 22.8. The Labute approximate surface area is 97.3 Å². The first-order valence-electron chi connectivity index (χ1n) is 5.48. The third-order valence-corrected chi connectivity index (χ3v) is 2.12. The van der Waals surface area contributed by atoms with Crippen molar-refractivity contribution in [3.05, 3.63) is 0 Å². The second-order valence-corrected chi connectivity index (χ2v) is 5.09. The number of carbonyl (C=O) groups excluding carboxylic acids is 2. The van der Waals surface area contributed by atoms with Crippen molar-refractivity contribution in [1.82, 2.24) is 0 Å². The SMILES string of the molecule is COC(=O)C(C)C[C@@H](C)C(=O)OC(C)(C)C. The Morgan fingerprint density at radius 3 is 1.88 bits per heavy atom. The van der Waals surface area contributed by atoms with Crippen LogP contribution in [-0.2, 0) is 19.1 Å². The average Bonchev–Trinajstić information content (AvgIpc) is 2.13. The number of carbonyl (C=O) groups is 2. The second kappa shape index (κ2) is 5.87. The lowest BCUT2D eigenvalue weighted by molar-refractivity contribution is -0.160. The third-order valence-electron chi connectivity index (χ3n) is 2.12. The average molecular weight is 230 g/mol. The number of ether oxygens (including phenoxy) is 2. The van der Waals surface area contributed by atoms with Gasteiger partial charge in [0, 0.05) is 0 Å². The van der Waals surface area contributed by atoms with Crippen molar-refractivity contribution in [3.8, 4) is 0 Å². The maximum Gasteiger partial charge on any atom is 0.309 e. The van der Waals surface area contributed by atoms with Crippen molar-refractivity contribution in [2.24, 2.45) is 11.8 Å². The standard InChI is InChI=1S/C12H22O4/c1-8(10(13)15-6)7-9(2)11(14)16-12(3,4)5/h8-9H,7H2,1-6H3/t8?,9-/m1/s1. The summed E-state index contributed by atoms with van der Waals surface area (Å²) in [5.41, 5.74) is -0.486. The van der Waals surface area contributed by atoms with Gasteiger partial charge in [-0.25, -0.2) is 0 Å². The molecule has 0 N–H and O–H groups in total. The lowest BCUT2D eigenvalue weighted by atomic mass is 9.97. The van der Waals surface area contributed by atoms with Crippen LogP contribution in [0.3, 0.4) is 0 Å². The highest BCUT2D eigenvalue weighted by Gasteiger charge is 2.25. The van der Waals surface area contributed by atoms with E-state index in [1.54, 1.807) is 13.8 Å². The molecule has 1 unspecified atom stereocenters. The summed E-state index contributed by atoms with van der Waals surface area (Å²) in [5, 5.41) is 0. The van der Waals surface area contributed by atoms with E-state index in [4.69, 9.17) is 4.74 Å². The molecule has 0 aliphatic heterocycles. The highest BCUT2D eigenvalue weighted by Crippen LogP contribution is 2.18. The zero-order valence-corrected chi connectivity index (χ0v) is 11.0. The Hall–Kier alpha value is -1.06. The molecule has 0 bridgehead atoms. The molecule has 0 aliphatic carbocycles. The topological polar surface area (TPSA) is 52.6 Å². The number of hydrogen-bond donors (Lipinski definition) is 0. The zero-order valence-electron chi connectivity index (χ0n) is 11.0. The molecule has 94 valence electrons. The molecule has 0 aromatic rings. The molecule has 0 amide bonds. The van der Waals surface area contributed by atoms with Gasteiger partial charge >= 0.3 is 11.9 Å². The molecule has 0 radical (unpaired) electrons. The van der Waals surface area contributed by atoms with Crippen LogP contribution in [0.4, 0.5) is 0 Å². The molecule has 0 saturated carbocycles. The summed E-state index contributed by atoms with van der Waals surface area (Å²) in [6.45, 7) is 8.96. The van der Waals surface area contributed by atoms with Crippen LogP contribution in [0.15, 0.2) is 0 Å². The van der Waals surface area contributed by atoms with Crippen LogP contribution in [0.1, 0.15) is 41.0 Å². The van der Waals surface area contributed by atoms with Crippen LogP contribution in [0.25, 0.3) is 0 Å². The van der Waals surface area contributed by atoms with Gasteiger partial charge in [-0.3, -0.25) is 9.59 Å². The second-order valence-electron chi connectivity index (χ2n) is 5.09. The summed E-state index contributed by atoms with van der Waals surface area (Å²) >= 11 is 0. The van der Waals surface area contributed by atoms with E-state index in [0.717, 1.165) is 0 Å². The van der Waals surface area contributed by atoms with Crippen LogP contribution >= 0.6 is 0 Å². The summed E-state index contributed by atoms with van der Waals surface area (Å²) in [6, 6.07) is 0. The first-order valence-corrected chi connectivity index (χ1v) is 5.48. The van der Waals surface area contributed by atoms with Crippen molar-refractivity contribution in [2.45, 2.75) is 46.6 Å². The van der Waals surface area contributed by atoms with Crippen LogP contribution in [0.5, 0.6) is 0 Å². The normalized spacial score (nSPS) is 15.1. The van der Waals surface area contributed by atoms with Gasteiger partial charge in [-0.2, -0.15) is 0 Å².